The molecule has 1 amide bonds. The van der Waals surface area contributed by atoms with E-state index >= 15 is 0 Å². The molecule has 0 saturated carbocycles. The highest BCUT2D eigenvalue weighted by Gasteiger charge is 2.24. The van der Waals surface area contributed by atoms with Gasteiger partial charge in [-0.2, -0.15) is 0 Å². The maximum Gasteiger partial charge on any atom is 0.266 e. The first-order valence-corrected chi connectivity index (χ1v) is 7.60. The molecule has 0 radical (unpaired) electrons. The summed E-state index contributed by atoms with van der Waals surface area (Å²) in [5.74, 6) is -0.0860. The molecule has 2 aromatic rings. The topological polar surface area (TPSA) is 68.5 Å². The minimum Gasteiger partial charge on any atom is -0.397 e. The van der Waals surface area contributed by atoms with Crippen LogP contribution in [0.4, 0.5) is 5.69 Å². The first kappa shape index (κ1) is 15.7. The Labute approximate surface area is 128 Å². The number of carbonyl (C=O) groups excluding carboxylic acids is 1. The molecule has 0 aliphatic heterocycles. The summed E-state index contributed by atoms with van der Waals surface area (Å²) in [6, 6.07) is 1.97. The molecule has 0 aromatic carbocycles. The molecule has 0 spiro atoms. The number of fused-ring (bicyclic) bond motifs is 1. The number of nitrogens with zero attached hydrogens (tertiary/aromatic N) is 2. The Bertz CT molecular complexity index is 681. The fourth-order valence-electron chi connectivity index (χ4n) is 2.34. The van der Waals surface area contributed by atoms with Gasteiger partial charge in [-0.15, -0.1) is 11.3 Å². The third-order valence-electron chi connectivity index (χ3n) is 3.61. The Morgan fingerprint density at radius 3 is 2.81 bits per heavy atom. The number of methoxy groups -OCH3 is 1. The van der Waals surface area contributed by atoms with E-state index in [0.29, 0.717) is 17.2 Å². The predicted octanol–water partition coefficient (Wildman–Crippen LogP) is 2.60. The molecule has 2 N–H and O–H groups in total. The van der Waals surface area contributed by atoms with Crippen molar-refractivity contribution < 1.29 is 9.53 Å². The number of amides is 1. The molecule has 0 bridgehead atoms. The van der Waals surface area contributed by atoms with Crippen LogP contribution in [-0.4, -0.2) is 42.6 Å². The molecule has 114 valence electrons. The summed E-state index contributed by atoms with van der Waals surface area (Å²) in [7, 11) is 3.39. The third kappa shape index (κ3) is 2.87. The Morgan fingerprint density at radius 1 is 1.52 bits per heavy atom. The van der Waals surface area contributed by atoms with E-state index in [2.05, 4.69) is 4.98 Å². The van der Waals surface area contributed by atoms with Crippen LogP contribution in [0, 0.1) is 13.8 Å². The van der Waals surface area contributed by atoms with Crippen molar-refractivity contribution in [3.05, 3.63) is 22.2 Å². The highest BCUT2D eigenvalue weighted by Crippen LogP contribution is 2.35. The molecule has 2 aromatic heterocycles. The summed E-state index contributed by atoms with van der Waals surface area (Å²) >= 11 is 1.36. The van der Waals surface area contributed by atoms with E-state index < -0.39 is 0 Å². The van der Waals surface area contributed by atoms with Gasteiger partial charge < -0.3 is 15.4 Å². The lowest BCUT2D eigenvalue weighted by Crippen LogP contribution is -2.37. The first-order valence-electron chi connectivity index (χ1n) is 6.79. The second-order valence-corrected chi connectivity index (χ2v) is 6.33. The van der Waals surface area contributed by atoms with Crippen molar-refractivity contribution in [2.75, 3.05) is 26.5 Å². The summed E-state index contributed by atoms with van der Waals surface area (Å²) in [6.45, 7) is 6.37. The van der Waals surface area contributed by atoms with Gasteiger partial charge in [0.25, 0.3) is 5.91 Å². The number of aromatic nitrogens is 1. The maximum absolute atomic E-state index is 12.6. The van der Waals surface area contributed by atoms with Crippen molar-refractivity contribution in [3.63, 3.8) is 0 Å². The monoisotopic (exact) mass is 307 g/mol. The van der Waals surface area contributed by atoms with Gasteiger partial charge in [-0.3, -0.25) is 4.79 Å². The Balaban J connectivity index is 2.45. The number of hydrogen-bond acceptors (Lipinski definition) is 5. The van der Waals surface area contributed by atoms with Crippen LogP contribution in [0.5, 0.6) is 0 Å². The van der Waals surface area contributed by atoms with Crippen LogP contribution in [0.15, 0.2) is 6.07 Å². The number of aryl methyl sites for hydroxylation is 2. The van der Waals surface area contributed by atoms with Crippen molar-refractivity contribution in [2.24, 2.45) is 0 Å². The van der Waals surface area contributed by atoms with Crippen molar-refractivity contribution in [3.8, 4) is 0 Å². The van der Waals surface area contributed by atoms with Gasteiger partial charge in [0.05, 0.1) is 18.3 Å². The number of ether oxygens (including phenoxy) is 1. The van der Waals surface area contributed by atoms with Gasteiger partial charge in [-0.05, 0) is 32.4 Å². The molecular formula is C15H21N3O2S. The fraction of sp³-hybridized carbons (Fsp3) is 0.467. The average molecular weight is 307 g/mol. The van der Waals surface area contributed by atoms with E-state index in [1.807, 2.05) is 26.8 Å². The van der Waals surface area contributed by atoms with Crippen LogP contribution in [0.1, 0.15) is 27.9 Å². The Kier molecular flexibility index (Phi) is 4.49. The van der Waals surface area contributed by atoms with Gasteiger partial charge in [0.15, 0.2) is 0 Å². The molecule has 6 heteroatoms. The number of carbonyl (C=O) groups is 1. The van der Waals surface area contributed by atoms with E-state index in [4.69, 9.17) is 10.5 Å². The zero-order valence-electron chi connectivity index (χ0n) is 13.1. The lowest BCUT2D eigenvalue weighted by molar-refractivity contribution is 0.0639. The van der Waals surface area contributed by atoms with Crippen molar-refractivity contribution in [2.45, 2.75) is 26.8 Å². The van der Waals surface area contributed by atoms with E-state index in [9.17, 15) is 4.79 Å². The molecule has 5 nitrogen and oxygen atoms in total. The second kappa shape index (κ2) is 5.99. The number of pyridine rings is 1. The predicted molar refractivity (Wildman–Crippen MR) is 86.9 cm³/mol. The van der Waals surface area contributed by atoms with Crippen LogP contribution in [0.3, 0.4) is 0 Å². The number of nitrogens with two attached hydrogens (primary N) is 1. The number of anilines is 1. The minimum absolute atomic E-state index is 0.0112. The molecule has 0 saturated heterocycles. The molecule has 0 aliphatic rings. The van der Waals surface area contributed by atoms with Gasteiger partial charge in [0.2, 0.25) is 0 Å². The lowest BCUT2D eigenvalue weighted by Gasteiger charge is -2.23. The van der Waals surface area contributed by atoms with Gasteiger partial charge in [0, 0.05) is 25.2 Å². The standard InChI is InChI=1S/C15H21N3O2S/c1-8-6-9(2)17-14-11(8)12(16)13(21-14)15(19)18(4)10(3)7-20-5/h6,10H,7,16H2,1-5H3. The number of rotatable bonds is 4. The van der Waals surface area contributed by atoms with Gasteiger partial charge in [-0.1, -0.05) is 0 Å². The average Bonchev–Trinajstić information content (AvgIpc) is 2.74. The highest BCUT2D eigenvalue weighted by molar-refractivity contribution is 7.21. The summed E-state index contributed by atoms with van der Waals surface area (Å²) in [4.78, 5) is 20.1. The molecule has 1 atom stereocenters. The zero-order chi connectivity index (χ0) is 15.7. The second-order valence-electron chi connectivity index (χ2n) is 5.33. The van der Waals surface area contributed by atoms with Crippen LogP contribution in [-0.2, 0) is 4.74 Å². The largest absolute Gasteiger partial charge is 0.397 e. The normalized spacial score (nSPS) is 12.6. The molecule has 1 unspecified atom stereocenters. The van der Waals surface area contributed by atoms with Crippen molar-refractivity contribution >= 4 is 33.1 Å². The van der Waals surface area contributed by atoms with Crippen LogP contribution >= 0.6 is 11.3 Å². The SMILES string of the molecule is COCC(C)N(C)C(=O)c1sc2nc(C)cc(C)c2c1N. The Morgan fingerprint density at radius 2 is 2.19 bits per heavy atom. The number of nitrogen functional groups attached to an aromatic ring is 1. The summed E-state index contributed by atoms with van der Waals surface area (Å²) in [5.41, 5.74) is 8.71. The summed E-state index contributed by atoms with van der Waals surface area (Å²) in [5, 5.41) is 0.891. The molecular weight excluding hydrogens is 286 g/mol. The Hall–Kier alpha value is -1.66. The summed E-state index contributed by atoms with van der Waals surface area (Å²) < 4.78 is 5.10. The van der Waals surface area contributed by atoms with E-state index in [0.717, 1.165) is 21.5 Å². The molecule has 0 aliphatic carbocycles. The number of likely N-dealkylation sites (N-methyl/N-ethyl adjacent to an activating group) is 1. The van der Waals surface area contributed by atoms with E-state index in [-0.39, 0.29) is 11.9 Å². The molecule has 0 fully saturated rings. The summed E-state index contributed by atoms with van der Waals surface area (Å²) in [6.07, 6.45) is 0. The maximum atomic E-state index is 12.6. The van der Waals surface area contributed by atoms with E-state index in [1.165, 1.54) is 11.3 Å². The van der Waals surface area contributed by atoms with Crippen LogP contribution in [0.25, 0.3) is 10.2 Å². The van der Waals surface area contributed by atoms with Crippen molar-refractivity contribution in [1.82, 2.24) is 9.88 Å². The molecule has 2 rings (SSSR count). The molecule has 2 heterocycles. The lowest BCUT2D eigenvalue weighted by atomic mass is 10.1. The van der Waals surface area contributed by atoms with Gasteiger partial charge >= 0.3 is 0 Å². The number of thiophene rings is 1. The highest BCUT2D eigenvalue weighted by atomic mass is 32.1. The van der Waals surface area contributed by atoms with Crippen LogP contribution < -0.4 is 5.73 Å². The fourth-order valence-corrected chi connectivity index (χ4v) is 3.54. The third-order valence-corrected chi connectivity index (χ3v) is 4.70. The minimum atomic E-state index is -0.0860. The van der Waals surface area contributed by atoms with Gasteiger partial charge in [0.1, 0.15) is 9.71 Å². The van der Waals surface area contributed by atoms with E-state index in [1.54, 1.807) is 19.1 Å². The zero-order valence-corrected chi connectivity index (χ0v) is 13.9. The van der Waals surface area contributed by atoms with Crippen LogP contribution in [0.2, 0.25) is 0 Å². The van der Waals surface area contributed by atoms with Crippen molar-refractivity contribution in [1.29, 1.82) is 0 Å². The number of hydrogen-bond donors (Lipinski definition) is 1. The van der Waals surface area contributed by atoms with Gasteiger partial charge in [-0.25, -0.2) is 4.98 Å². The smallest absolute Gasteiger partial charge is 0.266 e. The first-order chi connectivity index (χ1) is 9.86. The molecule has 21 heavy (non-hydrogen) atoms. The quantitative estimate of drug-likeness (QED) is 0.942.